The number of aliphatic carboxylic acids is 1. The molecule has 0 saturated heterocycles. The fourth-order valence-electron chi connectivity index (χ4n) is 1.81. The van der Waals surface area contributed by atoms with E-state index < -0.39 is 12.6 Å². The van der Waals surface area contributed by atoms with Gasteiger partial charge in [-0.2, -0.15) is 5.10 Å². The molecule has 2 rings (SSSR count). The molecule has 0 heterocycles. The second-order valence-corrected chi connectivity index (χ2v) is 4.71. The van der Waals surface area contributed by atoms with E-state index in [4.69, 9.17) is 9.84 Å². The number of amides is 1. The van der Waals surface area contributed by atoms with Crippen molar-refractivity contribution in [2.75, 3.05) is 6.61 Å². The van der Waals surface area contributed by atoms with Crippen molar-refractivity contribution in [1.29, 1.82) is 0 Å². The number of carbonyl (C=O) groups is 2. The Labute approximate surface area is 133 Å². The third-order valence-corrected chi connectivity index (χ3v) is 2.98. The standard InChI is InChI=1S/C17H16N2O4/c1-12(18-19-17(22)13-6-3-2-4-7-13)14-8-5-9-15(10-14)23-11-16(20)21/h2-10H,11H2,1H3,(H,19,22)(H,20,21)/b18-12-. The van der Waals surface area contributed by atoms with E-state index in [2.05, 4.69) is 10.5 Å². The van der Waals surface area contributed by atoms with Gasteiger partial charge in [0, 0.05) is 11.1 Å². The lowest BCUT2D eigenvalue weighted by atomic mass is 10.1. The lowest BCUT2D eigenvalue weighted by molar-refractivity contribution is -0.139. The van der Waals surface area contributed by atoms with Crippen LogP contribution in [0.3, 0.4) is 0 Å². The van der Waals surface area contributed by atoms with Gasteiger partial charge in [0.05, 0.1) is 5.71 Å². The molecule has 0 aliphatic heterocycles. The van der Waals surface area contributed by atoms with E-state index in [1.54, 1.807) is 55.5 Å². The fraction of sp³-hybridized carbons (Fsp3) is 0.118. The van der Waals surface area contributed by atoms with Crippen molar-refractivity contribution in [3.05, 3.63) is 65.7 Å². The van der Waals surface area contributed by atoms with E-state index in [1.165, 1.54) is 0 Å². The number of hydrazone groups is 1. The van der Waals surface area contributed by atoms with E-state index in [0.29, 0.717) is 17.0 Å². The Hall–Kier alpha value is -3.15. The summed E-state index contributed by atoms with van der Waals surface area (Å²) >= 11 is 0. The molecule has 0 saturated carbocycles. The molecule has 6 nitrogen and oxygen atoms in total. The molecule has 0 spiro atoms. The van der Waals surface area contributed by atoms with Crippen LogP contribution in [0.5, 0.6) is 5.75 Å². The summed E-state index contributed by atoms with van der Waals surface area (Å²) in [5.41, 5.74) is 4.30. The highest BCUT2D eigenvalue weighted by molar-refractivity contribution is 6.01. The second-order valence-electron chi connectivity index (χ2n) is 4.71. The maximum Gasteiger partial charge on any atom is 0.341 e. The van der Waals surface area contributed by atoms with Gasteiger partial charge in [0.2, 0.25) is 0 Å². The monoisotopic (exact) mass is 312 g/mol. The fourth-order valence-corrected chi connectivity index (χ4v) is 1.81. The number of ether oxygens (including phenoxy) is 1. The number of hydrogen-bond acceptors (Lipinski definition) is 4. The largest absolute Gasteiger partial charge is 0.482 e. The van der Waals surface area contributed by atoms with Gasteiger partial charge >= 0.3 is 5.97 Å². The van der Waals surface area contributed by atoms with E-state index >= 15 is 0 Å². The number of rotatable bonds is 6. The first-order chi connectivity index (χ1) is 11.1. The minimum atomic E-state index is -1.05. The van der Waals surface area contributed by atoms with Crippen molar-refractivity contribution in [2.24, 2.45) is 5.10 Å². The molecule has 2 aromatic rings. The summed E-state index contributed by atoms with van der Waals surface area (Å²) in [6, 6.07) is 15.6. The molecule has 0 atom stereocenters. The molecule has 1 amide bonds. The maximum atomic E-state index is 11.9. The van der Waals surface area contributed by atoms with E-state index in [1.807, 2.05) is 6.07 Å². The Balaban J connectivity index is 2.04. The van der Waals surface area contributed by atoms with Crippen LogP contribution in [0.15, 0.2) is 59.7 Å². The first kappa shape index (κ1) is 16.2. The molecule has 0 aromatic heterocycles. The molecule has 2 N–H and O–H groups in total. The highest BCUT2D eigenvalue weighted by Gasteiger charge is 2.05. The number of carboxylic acids is 1. The summed E-state index contributed by atoms with van der Waals surface area (Å²) in [5.74, 6) is -0.923. The smallest absolute Gasteiger partial charge is 0.341 e. The predicted octanol–water partition coefficient (Wildman–Crippen LogP) is 2.30. The van der Waals surface area contributed by atoms with Gasteiger partial charge in [0.15, 0.2) is 6.61 Å². The van der Waals surface area contributed by atoms with Crippen molar-refractivity contribution in [3.63, 3.8) is 0 Å². The number of hydrogen-bond donors (Lipinski definition) is 2. The number of nitrogens with zero attached hydrogens (tertiary/aromatic N) is 1. The molecule has 23 heavy (non-hydrogen) atoms. The number of benzene rings is 2. The Morgan fingerprint density at radius 2 is 1.78 bits per heavy atom. The highest BCUT2D eigenvalue weighted by atomic mass is 16.5. The molecule has 0 bridgehead atoms. The zero-order valence-corrected chi connectivity index (χ0v) is 12.5. The summed E-state index contributed by atoms with van der Waals surface area (Å²) in [6.07, 6.45) is 0. The Morgan fingerprint density at radius 1 is 1.09 bits per heavy atom. The molecule has 0 aliphatic carbocycles. The van der Waals surface area contributed by atoms with Crippen LogP contribution < -0.4 is 10.2 Å². The van der Waals surface area contributed by atoms with Crippen LogP contribution in [-0.2, 0) is 4.79 Å². The van der Waals surface area contributed by atoms with Crippen molar-refractivity contribution in [2.45, 2.75) is 6.92 Å². The van der Waals surface area contributed by atoms with Crippen molar-refractivity contribution < 1.29 is 19.4 Å². The summed E-state index contributed by atoms with van der Waals surface area (Å²) < 4.78 is 5.11. The summed E-state index contributed by atoms with van der Waals surface area (Å²) in [7, 11) is 0. The Morgan fingerprint density at radius 3 is 2.48 bits per heavy atom. The SMILES string of the molecule is C/C(=N/NC(=O)c1ccccc1)c1cccc(OCC(=O)O)c1. The van der Waals surface area contributed by atoms with Gasteiger partial charge in [-0.3, -0.25) is 4.79 Å². The first-order valence-corrected chi connectivity index (χ1v) is 6.91. The molecule has 2 aromatic carbocycles. The van der Waals surface area contributed by atoms with Gasteiger partial charge < -0.3 is 9.84 Å². The lowest BCUT2D eigenvalue weighted by Gasteiger charge is -2.06. The number of nitrogens with one attached hydrogen (secondary N) is 1. The molecule has 0 radical (unpaired) electrons. The van der Waals surface area contributed by atoms with Crippen LogP contribution in [0.1, 0.15) is 22.8 Å². The summed E-state index contributed by atoms with van der Waals surface area (Å²) in [4.78, 5) is 22.4. The zero-order chi connectivity index (χ0) is 16.7. The van der Waals surface area contributed by atoms with Gasteiger partial charge in [-0.25, -0.2) is 10.2 Å². The van der Waals surface area contributed by atoms with E-state index in [-0.39, 0.29) is 5.91 Å². The van der Waals surface area contributed by atoms with Crippen LogP contribution in [0.2, 0.25) is 0 Å². The highest BCUT2D eigenvalue weighted by Crippen LogP contribution is 2.14. The van der Waals surface area contributed by atoms with Gasteiger partial charge in [-0.15, -0.1) is 0 Å². The molecule has 118 valence electrons. The number of carboxylic acid groups (broad SMARTS) is 1. The van der Waals surface area contributed by atoms with E-state index in [9.17, 15) is 9.59 Å². The third kappa shape index (κ3) is 4.96. The van der Waals surface area contributed by atoms with E-state index in [0.717, 1.165) is 5.56 Å². The number of carbonyl (C=O) groups excluding carboxylic acids is 1. The topological polar surface area (TPSA) is 88.0 Å². The average molecular weight is 312 g/mol. The zero-order valence-electron chi connectivity index (χ0n) is 12.5. The second kappa shape index (κ2) is 7.74. The third-order valence-electron chi connectivity index (χ3n) is 2.98. The molecule has 6 heteroatoms. The normalized spacial score (nSPS) is 10.9. The van der Waals surface area contributed by atoms with Gasteiger partial charge in [0.25, 0.3) is 5.91 Å². The van der Waals surface area contributed by atoms with Gasteiger partial charge in [-0.05, 0) is 31.2 Å². The van der Waals surface area contributed by atoms with Crippen molar-refractivity contribution in [3.8, 4) is 5.75 Å². The Kier molecular flexibility index (Phi) is 5.46. The molecular formula is C17H16N2O4. The first-order valence-electron chi connectivity index (χ1n) is 6.91. The molecule has 0 aliphatic rings. The summed E-state index contributed by atoms with van der Waals surface area (Å²) in [6.45, 7) is 1.33. The quantitative estimate of drug-likeness (QED) is 0.633. The molecule has 0 fully saturated rings. The van der Waals surface area contributed by atoms with Gasteiger partial charge in [-0.1, -0.05) is 30.3 Å². The van der Waals surface area contributed by atoms with Gasteiger partial charge in [0.1, 0.15) is 5.75 Å². The molecular weight excluding hydrogens is 296 g/mol. The van der Waals surface area contributed by atoms with Crippen LogP contribution in [0.4, 0.5) is 0 Å². The van der Waals surface area contributed by atoms with Crippen LogP contribution in [0, 0.1) is 0 Å². The maximum absolute atomic E-state index is 11.9. The minimum absolute atomic E-state index is 0.303. The minimum Gasteiger partial charge on any atom is -0.482 e. The van der Waals surface area contributed by atoms with Crippen LogP contribution >= 0.6 is 0 Å². The van der Waals surface area contributed by atoms with Crippen molar-refractivity contribution in [1.82, 2.24) is 5.43 Å². The molecule has 0 unspecified atom stereocenters. The average Bonchev–Trinajstić information content (AvgIpc) is 2.58. The summed E-state index contributed by atoms with van der Waals surface area (Å²) in [5, 5.41) is 12.7. The van der Waals surface area contributed by atoms with Crippen LogP contribution in [0.25, 0.3) is 0 Å². The van der Waals surface area contributed by atoms with Crippen LogP contribution in [-0.4, -0.2) is 29.3 Å². The van der Waals surface area contributed by atoms with Crippen molar-refractivity contribution >= 4 is 17.6 Å². The predicted molar refractivity (Wildman–Crippen MR) is 85.7 cm³/mol. The lowest BCUT2D eigenvalue weighted by Crippen LogP contribution is -2.19. The Bertz CT molecular complexity index is 726.